The molecule has 0 amide bonds. The molecule has 1 aromatic heterocycles. The van der Waals surface area contributed by atoms with Gasteiger partial charge in [0.25, 0.3) is 5.56 Å². The number of phenols is 1. The van der Waals surface area contributed by atoms with Gasteiger partial charge in [-0.3, -0.25) is 4.79 Å². The van der Waals surface area contributed by atoms with Crippen molar-refractivity contribution in [1.29, 1.82) is 0 Å². The number of aromatic nitrogens is 1. The number of aromatic hydroxyl groups is 1. The number of hydrogen-bond donors (Lipinski definition) is 1. The lowest BCUT2D eigenvalue weighted by molar-refractivity contribution is -0.137. The third-order valence-corrected chi connectivity index (χ3v) is 4.35. The minimum absolute atomic E-state index is 0.0269. The number of hydrogen-bond acceptors (Lipinski definition) is 3. The molecule has 128 valence electrons. The highest BCUT2D eigenvalue weighted by atomic mass is 19.4. The zero-order valence-electron chi connectivity index (χ0n) is 13.0. The molecular weight excluding hydrogens is 321 g/mol. The molecule has 2 aromatic rings. The van der Waals surface area contributed by atoms with Crippen LogP contribution in [0.3, 0.4) is 0 Å². The normalized spacial score (nSPS) is 18.9. The van der Waals surface area contributed by atoms with Gasteiger partial charge in [-0.1, -0.05) is 0 Å². The molecule has 0 radical (unpaired) electrons. The van der Waals surface area contributed by atoms with E-state index < -0.39 is 17.5 Å². The Bertz CT molecular complexity index is 814. The summed E-state index contributed by atoms with van der Waals surface area (Å²) >= 11 is 0. The van der Waals surface area contributed by atoms with Crippen molar-refractivity contribution in [1.82, 2.24) is 9.47 Å². The molecule has 0 unspecified atom stereocenters. The first-order valence-corrected chi connectivity index (χ1v) is 7.57. The molecule has 1 aliphatic heterocycles. The molecule has 0 saturated carbocycles. The minimum atomic E-state index is -4.54. The van der Waals surface area contributed by atoms with E-state index in [-0.39, 0.29) is 22.7 Å². The lowest BCUT2D eigenvalue weighted by atomic mass is 10.0. The molecule has 4 nitrogen and oxygen atoms in total. The predicted molar refractivity (Wildman–Crippen MR) is 84.0 cm³/mol. The molecule has 1 atom stereocenters. The Balaban J connectivity index is 2.03. The van der Waals surface area contributed by atoms with Gasteiger partial charge in [0.2, 0.25) is 0 Å². The highest BCUT2D eigenvalue weighted by Gasteiger charge is 2.31. The summed E-state index contributed by atoms with van der Waals surface area (Å²) in [5.41, 5.74) is -0.961. The Morgan fingerprint density at radius 2 is 1.96 bits per heavy atom. The van der Waals surface area contributed by atoms with Crippen molar-refractivity contribution in [3.8, 4) is 16.9 Å². The van der Waals surface area contributed by atoms with Crippen LogP contribution in [0.4, 0.5) is 13.2 Å². The standard InChI is InChI=1S/C17H17F3N2O2/c1-21-8-6-12(10-21)22-7-2-3-14(16(22)24)13-5-4-11(9-15(13)23)17(18,19)20/h2-5,7,9,12,23H,6,8,10H2,1H3/t12-/m1/s1. The van der Waals surface area contributed by atoms with Gasteiger partial charge in [0.15, 0.2) is 0 Å². The van der Waals surface area contributed by atoms with E-state index in [2.05, 4.69) is 4.90 Å². The van der Waals surface area contributed by atoms with Crippen LogP contribution >= 0.6 is 0 Å². The highest BCUT2D eigenvalue weighted by Crippen LogP contribution is 2.35. The van der Waals surface area contributed by atoms with Crippen LogP contribution < -0.4 is 5.56 Å². The topological polar surface area (TPSA) is 45.5 Å². The Hall–Kier alpha value is -2.28. The van der Waals surface area contributed by atoms with Crippen LogP contribution in [0.1, 0.15) is 18.0 Å². The van der Waals surface area contributed by atoms with E-state index >= 15 is 0 Å². The van der Waals surface area contributed by atoms with E-state index in [1.807, 2.05) is 7.05 Å². The van der Waals surface area contributed by atoms with Crippen LogP contribution in [-0.4, -0.2) is 34.7 Å². The van der Waals surface area contributed by atoms with E-state index in [4.69, 9.17) is 0 Å². The third-order valence-electron chi connectivity index (χ3n) is 4.35. The lowest BCUT2D eigenvalue weighted by Gasteiger charge is -2.16. The van der Waals surface area contributed by atoms with E-state index in [1.54, 1.807) is 16.8 Å². The van der Waals surface area contributed by atoms with Crippen molar-refractivity contribution in [3.63, 3.8) is 0 Å². The second-order valence-corrected chi connectivity index (χ2v) is 6.07. The molecular formula is C17H17F3N2O2. The van der Waals surface area contributed by atoms with Gasteiger partial charge in [-0.2, -0.15) is 13.2 Å². The molecule has 1 aliphatic rings. The third kappa shape index (κ3) is 3.03. The number of likely N-dealkylation sites (N-methyl/N-ethyl adjacent to an activating group) is 1. The first-order chi connectivity index (χ1) is 11.3. The summed E-state index contributed by atoms with van der Waals surface area (Å²) in [6, 6.07) is 5.87. The van der Waals surface area contributed by atoms with E-state index in [0.717, 1.165) is 31.6 Å². The van der Waals surface area contributed by atoms with Gasteiger partial charge >= 0.3 is 6.18 Å². The fourth-order valence-electron chi connectivity index (χ4n) is 3.08. The van der Waals surface area contributed by atoms with Gasteiger partial charge in [0.1, 0.15) is 5.75 Å². The van der Waals surface area contributed by atoms with Crippen LogP contribution in [0.25, 0.3) is 11.1 Å². The molecule has 1 N–H and O–H groups in total. The van der Waals surface area contributed by atoms with Crippen LogP contribution in [-0.2, 0) is 6.18 Å². The number of alkyl halides is 3. The second kappa shape index (κ2) is 5.98. The molecule has 1 fully saturated rings. The minimum Gasteiger partial charge on any atom is -0.507 e. The summed E-state index contributed by atoms with van der Waals surface area (Å²) in [4.78, 5) is 14.8. The number of rotatable bonds is 2. The van der Waals surface area contributed by atoms with Gasteiger partial charge in [0, 0.05) is 18.3 Å². The first kappa shape index (κ1) is 16.6. The van der Waals surface area contributed by atoms with Crippen molar-refractivity contribution < 1.29 is 18.3 Å². The largest absolute Gasteiger partial charge is 0.507 e. The maximum absolute atomic E-state index is 12.7. The van der Waals surface area contributed by atoms with E-state index in [1.165, 1.54) is 6.07 Å². The molecule has 0 spiro atoms. The molecule has 2 heterocycles. The van der Waals surface area contributed by atoms with Gasteiger partial charge < -0.3 is 14.6 Å². The summed E-state index contributed by atoms with van der Waals surface area (Å²) in [6.45, 7) is 1.62. The van der Waals surface area contributed by atoms with Crippen molar-refractivity contribution in [2.75, 3.05) is 20.1 Å². The Morgan fingerprint density at radius 1 is 1.21 bits per heavy atom. The van der Waals surface area contributed by atoms with Gasteiger partial charge in [-0.25, -0.2) is 0 Å². The predicted octanol–water partition coefficient (Wildman–Crippen LogP) is 3.12. The molecule has 7 heteroatoms. The Labute approximate surface area is 136 Å². The monoisotopic (exact) mass is 338 g/mol. The summed E-state index contributed by atoms with van der Waals surface area (Å²) in [7, 11) is 1.97. The number of likely N-dealkylation sites (tertiary alicyclic amines) is 1. The molecule has 1 saturated heterocycles. The average Bonchev–Trinajstić information content (AvgIpc) is 2.93. The van der Waals surface area contributed by atoms with Crippen molar-refractivity contribution in [3.05, 3.63) is 52.4 Å². The van der Waals surface area contributed by atoms with Gasteiger partial charge in [-0.05, 0) is 50.3 Å². The number of benzene rings is 1. The molecule has 0 aliphatic carbocycles. The number of halogens is 3. The summed E-state index contributed by atoms with van der Waals surface area (Å²) in [6.07, 6.45) is -2.03. The quantitative estimate of drug-likeness (QED) is 0.915. The Kier molecular flexibility index (Phi) is 4.13. The van der Waals surface area contributed by atoms with Crippen LogP contribution in [0.2, 0.25) is 0 Å². The van der Waals surface area contributed by atoms with Crippen molar-refractivity contribution >= 4 is 0 Å². The SMILES string of the molecule is CN1CC[C@@H](n2cccc(-c3ccc(C(F)(F)F)cc3O)c2=O)C1. The van der Waals surface area contributed by atoms with Crippen molar-refractivity contribution in [2.24, 2.45) is 0 Å². The smallest absolute Gasteiger partial charge is 0.416 e. The van der Waals surface area contributed by atoms with Gasteiger partial charge in [-0.15, -0.1) is 0 Å². The maximum Gasteiger partial charge on any atom is 0.416 e. The second-order valence-electron chi connectivity index (χ2n) is 6.07. The number of pyridine rings is 1. The van der Waals surface area contributed by atoms with Crippen molar-refractivity contribution in [2.45, 2.75) is 18.6 Å². The highest BCUT2D eigenvalue weighted by molar-refractivity contribution is 5.69. The molecule has 3 rings (SSSR count). The number of nitrogens with zero attached hydrogens (tertiary/aromatic N) is 2. The fourth-order valence-corrected chi connectivity index (χ4v) is 3.08. The summed E-state index contributed by atoms with van der Waals surface area (Å²) < 4.78 is 39.7. The van der Waals surface area contributed by atoms with Crippen LogP contribution in [0.5, 0.6) is 5.75 Å². The maximum atomic E-state index is 12.7. The fraction of sp³-hybridized carbons (Fsp3) is 0.353. The van der Waals surface area contributed by atoms with E-state index in [9.17, 15) is 23.1 Å². The zero-order chi connectivity index (χ0) is 17.5. The summed E-state index contributed by atoms with van der Waals surface area (Å²) in [5, 5.41) is 9.97. The molecule has 0 bridgehead atoms. The van der Waals surface area contributed by atoms with Crippen LogP contribution in [0, 0.1) is 0 Å². The summed E-state index contributed by atoms with van der Waals surface area (Å²) in [5.74, 6) is -0.553. The number of phenolic OH excluding ortho intramolecular Hbond substituents is 1. The molecule has 1 aromatic carbocycles. The zero-order valence-corrected chi connectivity index (χ0v) is 13.0. The Morgan fingerprint density at radius 3 is 2.54 bits per heavy atom. The average molecular weight is 338 g/mol. The first-order valence-electron chi connectivity index (χ1n) is 7.57. The van der Waals surface area contributed by atoms with Gasteiger partial charge in [0.05, 0.1) is 17.2 Å². The molecule has 24 heavy (non-hydrogen) atoms. The lowest BCUT2D eigenvalue weighted by Crippen LogP contribution is -2.27. The van der Waals surface area contributed by atoms with E-state index in [0.29, 0.717) is 6.07 Å². The van der Waals surface area contributed by atoms with Crippen LogP contribution in [0.15, 0.2) is 41.3 Å².